The lowest BCUT2D eigenvalue weighted by Gasteiger charge is -2.21. The molecule has 0 aliphatic rings. The fraction of sp³-hybridized carbons (Fsp3) is 0.500. The Bertz CT molecular complexity index is 1360. The molecule has 3 rings (SSSR count). The summed E-state index contributed by atoms with van der Waals surface area (Å²) in [7, 11) is 0. The van der Waals surface area contributed by atoms with Crippen molar-refractivity contribution in [3.05, 3.63) is 81.5 Å². The van der Waals surface area contributed by atoms with Crippen LogP contribution >= 0.6 is 0 Å². The van der Waals surface area contributed by atoms with E-state index >= 15 is 0 Å². The third kappa shape index (κ3) is 8.80. The van der Waals surface area contributed by atoms with E-state index in [0.29, 0.717) is 24.7 Å². The number of benzene rings is 2. The van der Waals surface area contributed by atoms with E-state index in [1.54, 1.807) is 4.57 Å². The first-order chi connectivity index (χ1) is 19.3. The highest BCUT2D eigenvalue weighted by atomic mass is 16.5. The van der Waals surface area contributed by atoms with Crippen molar-refractivity contribution in [1.29, 1.82) is 0 Å². The van der Waals surface area contributed by atoms with E-state index in [9.17, 15) is 19.5 Å². The van der Waals surface area contributed by atoms with Crippen LogP contribution in [-0.2, 0) is 34.6 Å². The SMILES string of the molecule is CCCCCCCn1c(COC(=O)c2ccc(OC(C)(C)C(=O)O)cc2)nn(Cc2ccc(C(C)(C)C)cc2)c1=O. The van der Waals surface area contributed by atoms with Crippen molar-refractivity contribution in [1.82, 2.24) is 14.3 Å². The summed E-state index contributed by atoms with van der Waals surface area (Å²) in [5, 5.41) is 13.8. The topological polar surface area (TPSA) is 113 Å². The number of hydrogen-bond acceptors (Lipinski definition) is 6. The number of ether oxygens (including phenoxy) is 2. The maximum Gasteiger partial charge on any atom is 0.347 e. The molecule has 0 bridgehead atoms. The quantitative estimate of drug-likeness (QED) is 0.190. The van der Waals surface area contributed by atoms with Crippen LogP contribution < -0.4 is 10.4 Å². The van der Waals surface area contributed by atoms with Gasteiger partial charge in [-0.1, -0.05) is 77.6 Å². The summed E-state index contributed by atoms with van der Waals surface area (Å²) in [5.74, 6) is -0.962. The number of carboxylic acids is 1. The van der Waals surface area contributed by atoms with Gasteiger partial charge in [0.15, 0.2) is 18.0 Å². The number of carboxylic acid groups (broad SMARTS) is 1. The molecule has 1 N–H and O–H groups in total. The zero-order valence-electron chi connectivity index (χ0n) is 25.1. The number of rotatable bonds is 14. The molecule has 0 radical (unpaired) electrons. The number of unbranched alkanes of at least 4 members (excludes halogenated alkanes) is 4. The minimum absolute atomic E-state index is 0.0359. The molecule has 0 spiro atoms. The van der Waals surface area contributed by atoms with E-state index in [2.05, 4.69) is 44.9 Å². The summed E-state index contributed by atoms with van der Waals surface area (Å²) < 4.78 is 14.1. The number of aromatic nitrogens is 3. The first-order valence-corrected chi connectivity index (χ1v) is 14.3. The van der Waals surface area contributed by atoms with Crippen LogP contribution in [0.4, 0.5) is 0 Å². The Morgan fingerprint density at radius 1 is 0.902 bits per heavy atom. The second-order valence-corrected chi connectivity index (χ2v) is 11.9. The number of carbonyl (C=O) groups is 2. The van der Waals surface area contributed by atoms with Gasteiger partial charge in [-0.05, 0) is 61.1 Å². The van der Waals surface area contributed by atoms with Crippen LogP contribution in [0.15, 0.2) is 53.3 Å². The number of hydrogen-bond donors (Lipinski definition) is 1. The molecule has 0 amide bonds. The molecule has 9 nitrogen and oxygen atoms in total. The Hall–Kier alpha value is -3.88. The molecule has 0 saturated carbocycles. The van der Waals surface area contributed by atoms with Crippen LogP contribution in [0.2, 0.25) is 0 Å². The lowest BCUT2D eigenvalue weighted by atomic mass is 9.87. The fourth-order valence-corrected chi connectivity index (χ4v) is 4.29. The van der Waals surface area contributed by atoms with Gasteiger partial charge in [-0.2, -0.15) is 5.10 Å². The summed E-state index contributed by atoms with van der Waals surface area (Å²) in [6, 6.07) is 14.2. The molecule has 0 aliphatic carbocycles. The van der Waals surface area contributed by atoms with Crippen molar-refractivity contribution >= 4 is 11.9 Å². The van der Waals surface area contributed by atoms with Gasteiger partial charge < -0.3 is 14.6 Å². The average Bonchev–Trinajstić information content (AvgIpc) is 3.20. The normalized spacial score (nSPS) is 11.9. The van der Waals surface area contributed by atoms with Crippen molar-refractivity contribution in [3.8, 4) is 5.75 Å². The number of aliphatic carboxylic acids is 1. The van der Waals surface area contributed by atoms with Crippen LogP contribution in [0.1, 0.15) is 101 Å². The first-order valence-electron chi connectivity index (χ1n) is 14.3. The third-order valence-corrected chi connectivity index (χ3v) is 6.95. The molecular weight excluding hydrogens is 522 g/mol. The van der Waals surface area contributed by atoms with Crippen molar-refractivity contribution in [2.45, 2.75) is 104 Å². The van der Waals surface area contributed by atoms with Gasteiger partial charge in [0, 0.05) is 6.54 Å². The zero-order valence-corrected chi connectivity index (χ0v) is 25.1. The summed E-state index contributed by atoms with van der Waals surface area (Å²) in [6.45, 7) is 12.2. The Morgan fingerprint density at radius 3 is 2.12 bits per heavy atom. The van der Waals surface area contributed by atoms with Gasteiger partial charge in [0.05, 0.1) is 12.1 Å². The van der Waals surface area contributed by atoms with Crippen molar-refractivity contribution < 1.29 is 24.2 Å². The fourth-order valence-electron chi connectivity index (χ4n) is 4.29. The highest BCUT2D eigenvalue weighted by Crippen LogP contribution is 2.23. The zero-order chi connectivity index (χ0) is 30.2. The van der Waals surface area contributed by atoms with Gasteiger partial charge in [0.2, 0.25) is 0 Å². The van der Waals surface area contributed by atoms with Crippen LogP contribution in [-0.4, -0.2) is 37.0 Å². The van der Waals surface area contributed by atoms with Gasteiger partial charge in [0.1, 0.15) is 5.75 Å². The van der Waals surface area contributed by atoms with E-state index in [-0.39, 0.29) is 23.3 Å². The predicted octanol–water partition coefficient (Wildman–Crippen LogP) is 5.96. The minimum atomic E-state index is -1.41. The Labute approximate surface area is 242 Å². The summed E-state index contributed by atoms with van der Waals surface area (Å²) in [6.07, 6.45) is 5.23. The van der Waals surface area contributed by atoms with E-state index in [0.717, 1.165) is 37.7 Å². The van der Waals surface area contributed by atoms with E-state index in [1.165, 1.54) is 48.4 Å². The highest BCUT2D eigenvalue weighted by molar-refractivity contribution is 5.89. The molecule has 0 fully saturated rings. The van der Waals surface area contributed by atoms with E-state index in [1.807, 2.05) is 12.1 Å². The number of nitrogens with zero attached hydrogens (tertiary/aromatic N) is 3. The van der Waals surface area contributed by atoms with Crippen molar-refractivity contribution in [2.24, 2.45) is 0 Å². The van der Waals surface area contributed by atoms with Gasteiger partial charge in [-0.3, -0.25) is 4.57 Å². The predicted molar refractivity (Wildman–Crippen MR) is 157 cm³/mol. The molecule has 1 heterocycles. The van der Waals surface area contributed by atoms with Crippen molar-refractivity contribution in [3.63, 3.8) is 0 Å². The molecule has 0 aliphatic heterocycles. The van der Waals surface area contributed by atoms with E-state index < -0.39 is 17.5 Å². The number of esters is 1. The molecule has 2 aromatic carbocycles. The van der Waals surface area contributed by atoms with Gasteiger partial charge in [0.25, 0.3) is 0 Å². The second-order valence-electron chi connectivity index (χ2n) is 11.9. The third-order valence-electron chi connectivity index (χ3n) is 6.95. The maximum atomic E-state index is 13.3. The molecule has 0 unspecified atom stereocenters. The summed E-state index contributed by atoms with van der Waals surface area (Å²) in [5.41, 5.74) is 0.851. The summed E-state index contributed by atoms with van der Waals surface area (Å²) in [4.78, 5) is 37.4. The lowest BCUT2D eigenvalue weighted by molar-refractivity contribution is -0.152. The number of carbonyl (C=O) groups excluding carboxylic acids is 1. The molecule has 0 atom stereocenters. The Balaban J connectivity index is 1.74. The average molecular weight is 566 g/mol. The second kappa shape index (κ2) is 13.7. The largest absolute Gasteiger partial charge is 0.478 e. The molecule has 3 aromatic rings. The smallest absolute Gasteiger partial charge is 0.347 e. The van der Waals surface area contributed by atoms with Crippen LogP contribution in [0.5, 0.6) is 5.75 Å². The van der Waals surface area contributed by atoms with Crippen LogP contribution in [0.25, 0.3) is 0 Å². The first kappa shape index (κ1) is 31.6. The minimum Gasteiger partial charge on any atom is -0.478 e. The monoisotopic (exact) mass is 565 g/mol. The molecule has 9 heteroatoms. The van der Waals surface area contributed by atoms with Gasteiger partial charge in [-0.15, -0.1) is 0 Å². The Morgan fingerprint density at radius 2 is 1.54 bits per heavy atom. The lowest BCUT2D eigenvalue weighted by Crippen LogP contribution is -2.37. The highest BCUT2D eigenvalue weighted by Gasteiger charge is 2.29. The molecule has 222 valence electrons. The molecule has 0 saturated heterocycles. The van der Waals surface area contributed by atoms with Crippen LogP contribution in [0.3, 0.4) is 0 Å². The molecule has 41 heavy (non-hydrogen) atoms. The molecule has 1 aromatic heterocycles. The maximum absolute atomic E-state index is 13.3. The van der Waals surface area contributed by atoms with Crippen LogP contribution in [0, 0.1) is 0 Å². The Kier molecular flexibility index (Phi) is 10.5. The van der Waals surface area contributed by atoms with Crippen molar-refractivity contribution in [2.75, 3.05) is 0 Å². The standard InChI is InChI=1S/C32H43N3O6/c1-7-8-9-10-11-20-34-27(33-35(30(34)39)21-23-12-16-25(17-13-23)31(2,3)4)22-40-28(36)24-14-18-26(19-15-24)41-32(5,6)29(37)38/h12-19H,7-11,20-22H2,1-6H3,(H,37,38). The van der Waals surface area contributed by atoms with E-state index in [4.69, 9.17) is 9.47 Å². The molecular formula is C32H43N3O6. The van der Waals surface area contributed by atoms with Gasteiger partial charge >= 0.3 is 17.6 Å². The summed E-state index contributed by atoms with van der Waals surface area (Å²) >= 11 is 0. The van der Waals surface area contributed by atoms with Gasteiger partial charge in [-0.25, -0.2) is 19.1 Å².